The van der Waals surface area contributed by atoms with Crippen LogP contribution in [0.1, 0.15) is 452 Å². The van der Waals surface area contributed by atoms with Crippen LogP contribution in [0.3, 0.4) is 0 Å². The van der Waals surface area contributed by atoms with Gasteiger partial charge in [0.2, 0.25) is 0 Å². The van der Waals surface area contributed by atoms with Gasteiger partial charge in [0, 0.05) is 25.7 Å². The van der Waals surface area contributed by atoms with Gasteiger partial charge in [-0.2, -0.15) is 0 Å². The fraction of sp³-hybridized carbons (Fsp3) is 0.953. The van der Waals surface area contributed by atoms with Gasteiger partial charge in [-0.25, -0.2) is 9.13 Å². The molecule has 19 heteroatoms. The third-order valence-electron chi connectivity index (χ3n) is 20.0. The van der Waals surface area contributed by atoms with E-state index >= 15 is 0 Å². The Kier molecular flexibility index (Phi) is 75.0. The predicted octanol–water partition coefficient (Wildman–Crippen LogP) is 25.8. The van der Waals surface area contributed by atoms with Crippen molar-refractivity contribution in [2.45, 2.75) is 471 Å². The zero-order chi connectivity index (χ0) is 76.4. The molecule has 0 aromatic heterocycles. The number of unbranched alkanes of at least 4 members (excludes halogenated alkanes) is 54. The first-order valence-corrected chi connectivity index (χ1v) is 47.0. The summed E-state index contributed by atoms with van der Waals surface area (Å²) in [7, 11) is -9.92. The zero-order valence-electron chi connectivity index (χ0n) is 68.3. The van der Waals surface area contributed by atoms with Crippen LogP contribution in [0, 0.1) is 11.8 Å². The molecule has 0 fully saturated rings. The molecule has 0 amide bonds. The lowest BCUT2D eigenvalue weighted by molar-refractivity contribution is -0.161. The van der Waals surface area contributed by atoms with E-state index in [1.165, 1.54) is 270 Å². The molecule has 0 aliphatic carbocycles. The van der Waals surface area contributed by atoms with Crippen molar-refractivity contribution in [2.24, 2.45) is 11.8 Å². The number of carbonyl (C=O) groups is 4. The predicted molar refractivity (Wildman–Crippen MR) is 428 cm³/mol. The first-order chi connectivity index (χ1) is 50.4. The van der Waals surface area contributed by atoms with Crippen LogP contribution in [0.25, 0.3) is 0 Å². The number of carbonyl (C=O) groups excluding carboxylic acids is 4. The minimum absolute atomic E-state index is 0.108. The van der Waals surface area contributed by atoms with E-state index in [4.69, 9.17) is 37.0 Å². The summed E-state index contributed by atoms with van der Waals surface area (Å²) in [6, 6.07) is 0. The Hall–Kier alpha value is -1.94. The number of rotatable bonds is 84. The van der Waals surface area contributed by atoms with E-state index in [2.05, 4.69) is 41.5 Å². The van der Waals surface area contributed by atoms with E-state index in [0.717, 1.165) is 102 Å². The molecule has 0 aliphatic rings. The molecule has 5 atom stereocenters. The van der Waals surface area contributed by atoms with Gasteiger partial charge in [-0.3, -0.25) is 37.3 Å². The van der Waals surface area contributed by atoms with Gasteiger partial charge in [0.05, 0.1) is 26.4 Å². The summed E-state index contributed by atoms with van der Waals surface area (Å²) in [6.45, 7) is 9.73. The van der Waals surface area contributed by atoms with Crippen molar-refractivity contribution in [2.75, 3.05) is 39.6 Å². The second kappa shape index (κ2) is 76.4. The molecular weight excluding hydrogens is 1350 g/mol. The summed E-state index contributed by atoms with van der Waals surface area (Å²) in [5.41, 5.74) is 0. The Morgan fingerprint density at radius 1 is 0.260 bits per heavy atom. The second-order valence-corrected chi connectivity index (χ2v) is 34.4. The number of esters is 4. The Morgan fingerprint density at radius 3 is 0.654 bits per heavy atom. The molecule has 0 radical (unpaired) electrons. The van der Waals surface area contributed by atoms with Gasteiger partial charge in [-0.05, 0) is 37.5 Å². The maximum absolute atomic E-state index is 13.1. The Morgan fingerprint density at radius 2 is 0.442 bits per heavy atom. The number of ether oxygens (including phenoxy) is 4. The largest absolute Gasteiger partial charge is 0.472 e. The van der Waals surface area contributed by atoms with E-state index in [1.54, 1.807) is 0 Å². The van der Waals surface area contributed by atoms with Crippen LogP contribution in [0.15, 0.2) is 0 Å². The Bertz CT molecular complexity index is 1990. The number of aliphatic hydroxyl groups excluding tert-OH is 1. The van der Waals surface area contributed by atoms with E-state index < -0.39 is 97.5 Å². The fourth-order valence-electron chi connectivity index (χ4n) is 13.2. The lowest BCUT2D eigenvalue weighted by Gasteiger charge is -2.21. The third kappa shape index (κ3) is 78.2. The van der Waals surface area contributed by atoms with Gasteiger partial charge in [0.1, 0.15) is 19.3 Å². The molecule has 0 aromatic rings. The number of hydrogen-bond acceptors (Lipinski definition) is 15. The summed E-state index contributed by atoms with van der Waals surface area (Å²) in [6.07, 6.45) is 67.9. The van der Waals surface area contributed by atoms with Crippen molar-refractivity contribution in [1.29, 1.82) is 0 Å². The smallest absolute Gasteiger partial charge is 0.462 e. The quantitative estimate of drug-likeness (QED) is 0.0222. The lowest BCUT2D eigenvalue weighted by atomic mass is 10.0. The summed E-state index contributed by atoms with van der Waals surface area (Å²) in [5.74, 6) is -0.474. The molecule has 2 unspecified atom stereocenters. The van der Waals surface area contributed by atoms with Crippen LogP contribution in [0.2, 0.25) is 0 Å². The number of phosphoric ester groups is 2. The summed E-state index contributed by atoms with van der Waals surface area (Å²) < 4.78 is 68.9. The highest BCUT2D eigenvalue weighted by Gasteiger charge is 2.30. The van der Waals surface area contributed by atoms with E-state index in [9.17, 15) is 43.2 Å². The van der Waals surface area contributed by atoms with Crippen molar-refractivity contribution >= 4 is 39.5 Å². The molecule has 0 saturated carbocycles. The first-order valence-electron chi connectivity index (χ1n) is 44.0. The van der Waals surface area contributed by atoms with Crippen LogP contribution in [-0.2, 0) is 65.4 Å². The van der Waals surface area contributed by atoms with E-state index in [1.807, 2.05) is 0 Å². The van der Waals surface area contributed by atoms with Crippen LogP contribution in [0.4, 0.5) is 0 Å². The Balaban J connectivity index is 5.24. The molecular formula is C85H166O17P2. The number of aliphatic hydroxyl groups is 1. The average Bonchev–Trinajstić information content (AvgIpc) is 0.904. The molecule has 0 rings (SSSR count). The van der Waals surface area contributed by atoms with Crippen molar-refractivity contribution in [3.63, 3.8) is 0 Å². The van der Waals surface area contributed by atoms with E-state index in [0.29, 0.717) is 25.7 Å². The molecule has 0 heterocycles. The summed E-state index contributed by atoms with van der Waals surface area (Å²) in [4.78, 5) is 73.2. The van der Waals surface area contributed by atoms with Crippen LogP contribution in [-0.4, -0.2) is 96.7 Å². The average molecular weight is 1520 g/mol. The van der Waals surface area contributed by atoms with Crippen molar-refractivity contribution in [1.82, 2.24) is 0 Å². The molecule has 0 spiro atoms. The normalized spacial score (nSPS) is 13.8. The van der Waals surface area contributed by atoms with Crippen LogP contribution in [0.5, 0.6) is 0 Å². The minimum Gasteiger partial charge on any atom is -0.462 e. The zero-order valence-corrected chi connectivity index (χ0v) is 70.1. The highest BCUT2D eigenvalue weighted by atomic mass is 31.2. The van der Waals surface area contributed by atoms with Crippen molar-refractivity contribution in [3.05, 3.63) is 0 Å². The SMILES string of the molecule is CCCCCCCCCCCCCCCC(=O)O[C@H](COC(=O)CCCCCCCCCCCCCC)COP(=O)(O)OC[C@H](O)COP(=O)(O)OC[C@@H](COC(=O)CCCCCCCCCCCCCCCCCC(C)C)OC(=O)CCCCCCCCCCCCCCCCCCCCC(C)C. The molecule has 0 aromatic carbocycles. The second-order valence-electron chi connectivity index (χ2n) is 31.5. The topological polar surface area (TPSA) is 237 Å². The fourth-order valence-corrected chi connectivity index (χ4v) is 14.8. The molecule has 618 valence electrons. The number of phosphoric acid groups is 2. The first kappa shape index (κ1) is 102. The molecule has 0 bridgehead atoms. The van der Waals surface area contributed by atoms with Crippen molar-refractivity contribution < 1.29 is 80.2 Å². The highest BCUT2D eigenvalue weighted by Crippen LogP contribution is 2.45. The third-order valence-corrected chi connectivity index (χ3v) is 21.9. The standard InChI is InChI=1S/C85H166O17P2/c1-7-9-11-13-15-17-19-30-39-45-51-57-63-69-84(89)101-80(73-95-82(87)67-61-55-49-43-37-20-18-16-14-12-10-8-2)75-99-103(91,92)97-71-79(86)72-98-104(93,94)100-76-81(74-96-83(88)68-62-56-50-44-38-33-29-25-27-32-36-42-48-54-60-66-78(5)6)102-85(90)70-64-58-52-46-40-34-28-24-22-21-23-26-31-35-41-47-53-59-65-77(3)4/h77-81,86H,7-76H2,1-6H3,(H,91,92)(H,93,94)/t79-,80+,81+/m0/s1. The van der Waals surface area contributed by atoms with Gasteiger partial charge < -0.3 is 33.8 Å². The molecule has 17 nitrogen and oxygen atoms in total. The number of hydrogen-bond donors (Lipinski definition) is 3. The molecule has 3 N–H and O–H groups in total. The molecule has 104 heavy (non-hydrogen) atoms. The Labute approximate surface area is 638 Å². The van der Waals surface area contributed by atoms with Crippen LogP contribution >= 0.6 is 15.6 Å². The van der Waals surface area contributed by atoms with E-state index in [-0.39, 0.29) is 25.7 Å². The monoisotopic (exact) mass is 1520 g/mol. The lowest BCUT2D eigenvalue weighted by Crippen LogP contribution is -2.30. The maximum atomic E-state index is 13.1. The highest BCUT2D eigenvalue weighted by molar-refractivity contribution is 7.47. The molecule has 0 saturated heterocycles. The molecule has 0 aliphatic heterocycles. The summed E-state index contributed by atoms with van der Waals surface area (Å²) >= 11 is 0. The van der Waals surface area contributed by atoms with Gasteiger partial charge in [0.15, 0.2) is 12.2 Å². The summed E-state index contributed by atoms with van der Waals surface area (Å²) in [5, 5.41) is 10.7. The van der Waals surface area contributed by atoms with Gasteiger partial charge >= 0.3 is 39.5 Å². The van der Waals surface area contributed by atoms with Gasteiger partial charge in [0.25, 0.3) is 0 Å². The van der Waals surface area contributed by atoms with Gasteiger partial charge in [-0.15, -0.1) is 0 Å². The van der Waals surface area contributed by atoms with Crippen LogP contribution < -0.4 is 0 Å². The maximum Gasteiger partial charge on any atom is 0.472 e. The minimum atomic E-state index is -4.97. The van der Waals surface area contributed by atoms with Gasteiger partial charge in [-0.1, -0.05) is 401 Å². The van der Waals surface area contributed by atoms with Crippen molar-refractivity contribution in [3.8, 4) is 0 Å².